The minimum Gasteiger partial charge on any atom is -0.394 e. The molecule has 0 atom stereocenters. The van der Waals surface area contributed by atoms with Gasteiger partial charge in [-0.2, -0.15) is 5.10 Å². The van der Waals surface area contributed by atoms with Gasteiger partial charge < -0.3 is 10.4 Å². The lowest BCUT2D eigenvalue weighted by Crippen LogP contribution is -2.15. The van der Waals surface area contributed by atoms with E-state index in [0.717, 1.165) is 19.0 Å². The van der Waals surface area contributed by atoms with Gasteiger partial charge in [0.05, 0.1) is 19.3 Å². The highest BCUT2D eigenvalue weighted by atomic mass is 16.3. The van der Waals surface area contributed by atoms with Crippen LogP contribution >= 0.6 is 0 Å². The minimum atomic E-state index is 0.149. The van der Waals surface area contributed by atoms with Crippen LogP contribution in [0.5, 0.6) is 0 Å². The zero-order chi connectivity index (χ0) is 12.6. The number of nitrogens with zero attached hydrogens (tertiary/aromatic N) is 2. The molecule has 1 saturated carbocycles. The first-order chi connectivity index (χ1) is 8.88. The molecule has 102 valence electrons. The van der Waals surface area contributed by atoms with Crippen LogP contribution in [-0.4, -0.2) is 28.0 Å². The number of rotatable bonds is 8. The van der Waals surface area contributed by atoms with Crippen LogP contribution in [-0.2, 0) is 13.1 Å². The average molecular weight is 251 g/mol. The monoisotopic (exact) mass is 251 g/mol. The zero-order valence-electron chi connectivity index (χ0n) is 11.1. The molecule has 0 saturated heterocycles. The Kier molecular flexibility index (Phi) is 5.68. The van der Waals surface area contributed by atoms with E-state index in [-0.39, 0.29) is 6.61 Å². The van der Waals surface area contributed by atoms with Crippen molar-refractivity contribution >= 4 is 0 Å². The average Bonchev–Trinajstić information content (AvgIpc) is 3.01. The van der Waals surface area contributed by atoms with E-state index in [2.05, 4.69) is 10.4 Å². The summed E-state index contributed by atoms with van der Waals surface area (Å²) >= 11 is 0. The van der Waals surface area contributed by atoms with Crippen molar-refractivity contribution in [2.24, 2.45) is 5.92 Å². The third kappa shape index (κ3) is 4.42. The molecule has 1 fully saturated rings. The van der Waals surface area contributed by atoms with Gasteiger partial charge in [0.25, 0.3) is 0 Å². The van der Waals surface area contributed by atoms with Gasteiger partial charge >= 0.3 is 0 Å². The van der Waals surface area contributed by atoms with E-state index in [1.165, 1.54) is 44.1 Å². The summed E-state index contributed by atoms with van der Waals surface area (Å²) in [5.41, 5.74) is 1.20. The van der Waals surface area contributed by atoms with Crippen molar-refractivity contribution in [3.63, 3.8) is 0 Å². The van der Waals surface area contributed by atoms with Crippen LogP contribution in [0.4, 0.5) is 0 Å². The van der Waals surface area contributed by atoms with Gasteiger partial charge in [0.1, 0.15) is 0 Å². The summed E-state index contributed by atoms with van der Waals surface area (Å²) in [4.78, 5) is 0. The number of nitrogens with one attached hydrogen (secondary N) is 1. The second-order valence-electron chi connectivity index (χ2n) is 5.30. The fraction of sp³-hybridized carbons (Fsp3) is 0.786. The maximum atomic E-state index is 8.80. The fourth-order valence-corrected chi connectivity index (χ4v) is 2.77. The van der Waals surface area contributed by atoms with Crippen molar-refractivity contribution < 1.29 is 5.11 Å². The SMILES string of the molecule is OCCn1cc(CNCCCC2CCCC2)cn1. The van der Waals surface area contributed by atoms with Crippen LogP contribution in [0.1, 0.15) is 44.1 Å². The Morgan fingerprint density at radius 1 is 1.39 bits per heavy atom. The second-order valence-corrected chi connectivity index (χ2v) is 5.30. The quantitative estimate of drug-likeness (QED) is 0.694. The molecule has 0 amide bonds. The van der Waals surface area contributed by atoms with Gasteiger partial charge in [-0.1, -0.05) is 25.7 Å². The van der Waals surface area contributed by atoms with Gasteiger partial charge in [-0.25, -0.2) is 0 Å². The topological polar surface area (TPSA) is 50.1 Å². The first kappa shape index (κ1) is 13.6. The van der Waals surface area contributed by atoms with Crippen LogP contribution in [0.25, 0.3) is 0 Å². The van der Waals surface area contributed by atoms with Crippen LogP contribution in [0, 0.1) is 5.92 Å². The highest BCUT2D eigenvalue weighted by molar-refractivity contribution is 5.03. The summed E-state index contributed by atoms with van der Waals surface area (Å²) in [6, 6.07) is 0. The molecule has 1 aliphatic rings. The van der Waals surface area contributed by atoms with Crippen molar-refractivity contribution in [1.82, 2.24) is 15.1 Å². The molecule has 1 aliphatic carbocycles. The molecular formula is C14H25N3O. The standard InChI is InChI=1S/C14H25N3O/c18-9-8-17-12-14(11-16-17)10-15-7-3-6-13-4-1-2-5-13/h11-13,15,18H,1-10H2. The molecule has 18 heavy (non-hydrogen) atoms. The van der Waals surface area contributed by atoms with Crippen molar-refractivity contribution in [2.45, 2.75) is 51.6 Å². The molecule has 0 radical (unpaired) electrons. The lowest BCUT2D eigenvalue weighted by atomic mass is 10.0. The van der Waals surface area contributed by atoms with Crippen LogP contribution in [0.15, 0.2) is 12.4 Å². The molecule has 2 N–H and O–H groups in total. The van der Waals surface area contributed by atoms with Crippen molar-refractivity contribution in [1.29, 1.82) is 0 Å². The summed E-state index contributed by atoms with van der Waals surface area (Å²) in [5, 5.41) is 16.5. The van der Waals surface area contributed by atoms with Crippen molar-refractivity contribution in [3.05, 3.63) is 18.0 Å². The number of aliphatic hydroxyl groups excluding tert-OH is 1. The molecule has 0 aliphatic heterocycles. The number of aliphatic hydroxyl groups is 1. The zero-order valence-corrected chi connectivity index (χ0v) is 11.1. The molecule has 4 nitrogen and oxygen atoms in total. The summed E-state index contributed by atoms with van der Waals surface area (Å²) in [6.45, 7) is 2.72. The Morgan fingerprint density at radius 2 is 2.22 bits per heavy atom. The van der Waals surface area contributed by atoms with Crippen LogP contribution < -0.4 is 5.32 Å². The van der Waals surface area contributed by atoms with E-state index in [0.29, 0.717) is 6.54 Å². The van der Waals surface area contributed by atoms with Gasteiger partial charge in [0.15, 0.2) is 0 Å². The molecule has 2 rings (SSSR count). The summed E-state index contributed by atoms with van der Waals surface area (Å²) in [6.07, 6.45) is 12.3. The summed E-state index contributed by atoms with van der Waals surface area (Å²) in [5.74, 6) is 0.999. The Hall–Kier alpha value is -0.870. The van der Waals surface area contributed by atoms with Gasteiger partial charge in [0, 0.05) is 18.3 Å². The normalized spacial score (nSPS) is 16.5. The molecule has 1 aromatic heterocycles. The highest BCUT2D eigenvalue weighted by Gasteiger charge is 2.13. The molecule has 0 unspecified atom stereocenters. The van der Waals surface area contributed by atoms with Gasteiger partial charge in [-0.3, -0.25) is 4.68 Å². The van der Waals surface area contributed by atoms with E-state index in [9.17, 15) is 0 Å². The van der Waals surface area contributed by atoms with Gasteiger partial charge in [0.2, 0.25) is 0 Å². The largest absolute Gasteiger partial charge is 0.394 e. The molecule has 4 heteroatoms. The van der Waals surface area contributed by atoms with Gasteiger partial charge in [-0.05, 0) is 25.3 Å². The molecule has 1 heterocycles. The number of aromatic nitrogens is 2. The Bertz CT molecular complexity index is 332. The van der Waals surface area contributed by atoms with E-state index >= 15 is 0 Å². The van der Waals surface area contributed by atoms with Crippen LogP contribution in [0.3, 0.4) is 0 Å². The van der Waals surface area contributed by atoms with Crippen LogP contribution in [0.2, 0.25) is 0 Å². The van der Waals surface area contributed by atoms with Gasteiger partial charge in [-0.15, -0.1) is 0 Å². The lowest BCUT2D eigenvalue weighted by Gasteiger charge is -2.08. The third-order valence-electron chi connectivity index (χ3n) is 3.79. The molecular weight excluding hydrogens is 226 g/mol. The fourth-order valence-electron chi connectivity index (χ4n) is 2.77. The minimum absolute atomic E-state index is 0.149. The van der Waals surface area contributed by atoms with E-state index in [1.807, 2.05) is 12.4 Å². The van der Waals surface area contributed by atoms with E-state index in [4.69, 9.17) is 5.11 Å². The highest BCUT2D eigenvalue weighted by Crippen LogP contribution is 2.28. The van der Waals surface area contributed by atoms with E-state index < -0.39 is 0 Å². The lowest BCUT2D eigenvalue weighted by molar-refractivity contribution is 0.269. The Labute approximate surface area is 109 Å². The molecule has 1 aromatic rings. The Morgan fingerprint density at radius 3 is 3.00 bits per heavy atom. The maximum Gasteiger partial charge on any atom is 0.0640 e. The molecule has 0 aromatic carbocycles. The smallest absolute Gasteiger partial charge is 0.0640 e. The number of hydrogen-bond acceptors (Lipinski definition) is 3. The van der Waals surface area contributed by atoms with Crippen molar-refractivity contribution in [3.8, 4) is 0 Å². The summed E-state index contributed by atoms with van der Waals surface area (Å²) < 4.78 is 1.79. The summed E-state index contributed by atoms with van der Waals surface area (Å²) in [7, 11) is 0. The maximum absolute atomic E-state index is 8.80. The second kappa shape index (κ2) is 7.54. The number of hydrogen-bond donors (Lipinski definition) is 2. The first-order valence-electron chi connectivity index (χ1n) is 7.21. The Balaban J connectivity index is 1.54. The van der Waals surface area contributed by atoms with E-state index in [1.54, 1.807) is 4.68 Å². The third-order valence-corrected chi connectivity index (χ3v) is 3.79. The predicted molar refractivity (Wildman–Crippen MR) is 72.2 cm³/mol. The molecule has 0 spiro atoms. The van der Waals surface area contributed by atoms with Crippen molar-refractivity contribution in [2.75, 3.05) is 13.2 Å². The molecule has 0 bridgehead atoms. The predicted octanol–water partition coefficient (Wildman–Crippen LogP) is 1.94. The first-order valence-corrected chi connectivity index (χ1v) is 7.21.